The maximum atomic E-state index is 12.6. The number of hydrogen-bond donors (Lipinski definition) is 3. The van der Waals surface area contributed by atoms with Crippen molar-refractivity contribution in [2.45, 2.75) is 43.7 Å². The molecule has 152 valence electrons. The van der Waals surface area contributed by atoms with Gasteiger partial charge in [-0.1, -0.05) is 0 Å². The molecule has 1 heterocycles. The van der Waals surface area contributed by atoms with Gasteiger partial charge in [-0.25, -0.2) is 8.42 Å². The Morgan fingerprint density at radius 2 is 1.89 bits per heavy atom. The van der Waals surface area contributed by atoms with Crippen LogP contribution in [0.3, 0.4) is 0 Å². The van der Waals surface area contributed by atoms with Crippen molar-refractivity contribution in [1.29, 1.82) is 0 Å². The van der Waals surface area contributed by atoms with Crippen LogP contribution in [0.5, 0.6) is 0 Å². The minimum absolute atomic E-state index is 0. The summed E-state index contributed by atoms with van der Waals surface area (Å²) < 4.78 is 27.5. The molecule has 27 heavy (non-hydrogen) atoms. The van der Waals surface area contributed by atoms with E-state index in [1.54, 1.807) is 11.8 Å². The van der Waals surface area contributed by atoms with Gasteiger partial charge in [0.2, 0.25) is 21.8 Å². The lowest BCUT2D eigenvalue weighted by Crippen LogP contribution is -2.50. The van der Waals surface area contributed by atoms with E-state index in [-0.39, 0.29) is 35.2 Å². The highest BCUT2D eigenvalue weighted by molar-refractivity contribution is 7.89. The van der Waals surface area contributed by atoms with Gasteiger partial charge in [0, 0.05) is 31.7 Å². The number of amides is 2. The highest BCUT2D eigenvalue weighted by atomic mass is 35.5. The molecule has 2 amide bonds. The number of carbonyl (C=O) groups is 2. The molecule has 2 unspecified atom stereocenters. The molecule has 10 heteroatoms. The molecule has 3 N–H and O–H groups in total. The average Bonchev–Trinajstić information content (AvgIpc) is 3.02. The van der Waals surface area contributed by atoms with Crippen molar-refractivity contribution in [2.24, 2.45) is 0 Å². The molecule has 1 aromatic carbocycles. The van der Waals surface area contributed by atoms with Gasteiger partial charge in [-0.2, -0.15) is 4.72 Å². The molecule has 8 nitrogen and oxygen atoms in total. The van der Waals surface area contributed by atoms with Crippen molar-refractivity contribution in [3.8, 4) is 0 Å². The lowest BCUT2D eigenvalue weighted by Gasteiger charge is -2.27. The lowest BCUT2D eigenvalue weighted by atomic mass is 10.2. The van der Waals surface area contributed by atoms with Crippen LogP contribution in [0.25, 0.3) is 0 Å². The SMILES string of the molecule is CNCC1CCCN1C(=O)C(C)NS(=O)(=O)c1ccc(NC(C)=O)cc1.Cl. The molecule has 1 aliphatic rings. The standard InChI is InChI=1S/C17H26N4O4S.ClH/c1-12(17(23)21-10-4-5-15(21)11-18-3)20-26(24,25)16-8-6-14(7-9-16)19-13(2)22;/h6-9,12,15,18,20H,4-5,10-11H2,1-3H3,(H,19,22);1H. The Bertz CT molecular complexity index is 755. The lowest BCUT2D eigenvalue weighted by molar-refractivity contribution is -0.133. The van der Waals surface area contributed by atoms with E-state index in [0.29, 0.717) is 18.8 Å². The normalized spacial score (nSPS) is 17.9. The quantitative estimate of drug-likeness (QED) is 0.610. The number of nitrogens with one attached hydrogen (secondary N) is 3. The summed E-state index contributed by atoms with van der Waals surface area (Å²) in [5.74, 6) is -0.458. The zero-order chi connectivity index (χ0) is 19.3. The molecule has 1 aliphatic heterocycles. The predicted molar refractivity (Wildman–Crippen MR) is 106 cm³/mol. The molecular formula is C17H27ClN4O4S. The summed E-state index contributed by atoms with van der Waals surface area (Å²) >= 11 is 0. The first-order chi connectivity index (χ1) is 12.2. The van der Waals surface area contributed by atoms with Gasteiger partial charge in [-0.05, 0) is 51.1 Å². The molecule has 0 aromatic heterocycles. The van der Waals surface area contributed by atoms with Gasteiger partial charge in [0.05, 0.1) is 10.9 Å². The Labute approximate surface area is 166 Å². The summed E-state index contributed by atoms with van der Waals surface area (Å²) in [6, 6.07) is 5.04. The number of likely N-dealkylation sites (tertiary alicyclic amines) is 1. The predicted octanol–water partition coefficient (Wildman–Crippen LogP) is 0.944. The van der Waals surface area contributed by atoms with E-state index in [2.05, 4.69) is 15.4 Å². The van der Waals surface area contributed by atoms with E-state index < -0.39 is 16.1 Å². The molecule has 2 atom stereocenters. The fourth-order valence-corrected chi connectivity index (χ4v) is 4.29. The second-order valence-corrected chi connectivity index (χ2v) is 8.15. The third kappa shape index (κ3) is 6.17. The molecule has 0 radical (unpaired) electrons. The monoisotopic (exact) mass is 418 g/mol. The van der Waals surface area contributed by atoms with Crippen LogP contribution < -0.4 is 15.4 Å². The van der Waals surface area contributed by atoms with Crippen LogP contribution in [-0.2, 0) is 19.6 Å². The van der Waals surface area contributed by atoms with Crippen molar-refractivity contribution >= 4 is 39.9 Å². The number of nitrogens with zero attached hydrogens (tertiary/aromatic N) is 1. The summed E-state index contributed by atoms with van der Waals surface area (Å²) in [7, 11) is -2.00. The Morgan fingerprint density at radius 1 is 1.26 bits per heavy atom. The van der Waals surface area contributed by atoms with Crippen LogP contribution in [0.15, 0.2) is 29.2 Å². The third-order valence-electron chi connectivity index (χ3n) is 4.29. The van der Waals surface area contributed by atoms with Crippen LogP contribution in [0, 0.1) is 0 Å². The van der Waals surface area contributed by atoms with Crippen molar-refractivity contribution in [3.63, 3.8) is 0 Å². The van der Waals surface area contributed by atoms with Gasteiger partial charge in [-0.3, -0.25) is 9.59 Å². The smallest absolute Gasteiger partial charge is 0.241 e. The van der Waals surface area contributed by atoms with E-state index in [4.69, 9.17) is 0 Å². The van der Waals surface area contributed by atoms with Crippen molar-refractivity contribution in [3.05, 3.63) is 24.3 Å². The molecule has 1 fully saturated rings. The minimum Gasteiger partial charge on any atom is -0.337 e. The largest absolute Gasteiger partial charge is 0.337 e. The third-order valence-corrected chi connectivity index (χ3v) is 5.84. The first kappa shape index (κ1) is 23.4. The number of halogens is 1. The molecular weight excluding hydrogens is 392 g/mol. The van der Waals surface area contributed by atoms with Crippen LogP contribution in [0.4, 0.5) is 5.69 Å². The second-order valence-electron chi connectivity index (χ2n) is 6.43. The summed E-state index contributed by atoms with van der Waals surface area (Å²) in [6.07, 6.45) is 1.83. The number of sulfonamides is 1. The fourth-order valence-electron chi connectivity index (χ4n) is 3.09. The maximum Gasteiger partial charge on any atom is 0.241 e. The van der Waals surface area contributed by atoms with Crippen molar-refractivity contribution in [2.75, 3.05) is 25.5 Å². The van der Waals surface area contributed by atoms with Gasteiger partial charge in [0.1, 0.15) is 0 Å². The first-order valence-electron chi connectivity index (χ1n) is 8.59. The van der Waals surface area contributed by atoms with Gasteiger partial charge in [0.25, 0.3) is 0 Å². The van der Waals surface area contributed by atoms with Crippen LogP contribution in [0.2, 0.25) is 0 Å². The van der Waals surface area contributed by atoms with E-state index in [0.717, 1.165) is 12.8 Å². The second kappa shape index (κ2) is 10.0. The maximum absolute atomic E-state index is 12.6. The highest BCUT2D eigenvalue weighted by Gasteiger charge is 2.32. The van der Waals surface area contributed by atoms with Gasteiger partial charge >= 0.3 is 0 Å². The number of rotatable bonds is 7. The van der Waals surface area contributed by atoms with Gasteiger partial charge in [0.15, 0.2) is 0 Å². The molecule has 2 rings (SSSR count). The van der Waals surface area contributed by atoms with Crippen LogP contribution >= 0.6 is 12.4 Å². The fraction of sp³-hybridized carbons (Fsp3) is 0.529. The Morgan fingerprint density at radius 3 is 2.44 bits per heavy atom. The van der Waals surface area contributed by atoms with Crippen LogP contribution in [0.1, 0.15) is 26.7 Å². The molecule has 0 saturated carbocycles. The van der Waals surface area contributed by atoms with Gasteiger partial charge in [-0.15, -0.1) is 12.4 Å². The van der Waals surface area contributed by atoms with Crippen molar-refractivity contribution < 1.29 is 18.0 Å². The van der Waals surface area contributed by atoms with Crippen molar-refractivity contribution in [1.82, 2.24) is 14.9 Å². The van der Waals surface area contributed by atoms with E-state index in [1.165, 1.54) is 31.2 Å². The molecule has 0 aliphatic carbocycles. The zero-order valence-corrected chi connectivity index (χ0v) is 17.3. The summed E-state index contributed by atoms with van der Waals surface area (Å²) in [4.78, 5) is 25.4. The number of hydrogen-bond acceptors (Lipinski definition) is 5. The molecule has 0 bridgehead atoms. The van der Waals surface area contributed by atoms with Gasteiger partial charge < -0.3 is 15.5 Å². The topological polar surface area (TPSA) is 108 Å². The van der Waals surface area contributed by atoms with E-state index >= 15 is 0 Å². The molecule has 1 aromatic rings. The Balaban J connectivity index is 0.00000364. The molecule has 1 saturated heterocycles. The highest BCUT2D eigenvalue weighted by Crippen LogP contribution is 2.19. The number of likely N-dealkylation sites (N-methyl/N-ethyl adjacent to an activating group) is 1. The number of benzene rings is 1. The minimum atomic E-state index is -3.83. The summed E-state index contributed by atoms with van der Waals surface area (Å²) in [5, 5.41) is 5.64. The van der Waals surface area contributed by atoms with E-state index in [1.807, 2.05) is 7.05 Å². The first-order valence-corrected chi connectivity index (χ1v) is 10.1. The summed E-state index contributed by atoms with van der Waals surface area (Å²) in [5.41, 5.74) is 0.507. The number of carbonyl (C=O) groups excluding carboxylic acids is 2. The van der Waals surface area contributed by atoms with E-state index in [9.17, 15) is 18.0 Å². The Kier molecular flexibility index (Phi) is 8.67. The number of anilines is 1. The molecule has 0 spiro atoms. The van der Waals surface area contributed by atoms with Crippen LogP contribution in [-0.4, -0.2) is 57.4 Å². The Hall–Kier alpha value is -1.68. The zero-order valence-electron chi connectivity index (χ0n) is 15.7. The summed E-state index contributed by atoms with van der Waals surface area (Å²) in [6.45, 7) is 4.26. The average molecular weight is 419 g/mol.